The highest BCUT2D eigenvalue weighted by molar-refractivity contribution is 7.99. The Labute approximate surface area is 130 Å². The largest absolute Gasteiger partial charge is 0.354 e. The van der Waals surface area contributed by atoms with Gasteiger partial charge in [-0.25, -0.2) is 4.98 Å². The quantitative estimate of drug-likeness (QED) is 0.602. The summed E-state index contributed by atoms with van der Waals surface area (Å²) in [4.78, 5) is 16.9. The predicted molar refractivity (Wildman–Crippen MR) is 83.6 cm³/mol. The molecule has 0 saturated heterocycles. The molecule has 0 spiro atoms. The van der Waals surface area contributed by atoms with Crippen LogP contribution in [0.2, 0.25) is 0 Å². The van der Waals surface area contributed by atoms with Crippen molar-refractivity contribution < 1.29 is 4.79 Å². The zero-order chi connectivity index (χ0) is 14.9. The molecule has 0 atom stereocenters. The summed E-state index contributed by atoms with van der Waals surface area (Å²) >= 11 is 2.89. The minimum atomic E-state index is -0.129. The number of hydrogen-bond donors (Lipinski definition) is 2. The zero-order valence-electron chi connectivity index (χ0n) is 11.1. The molecular weight excluding hydrogens is 306 g/mol. The lowest BCUT2D eigenvalue weighted by Crippen LogP contribution is -2.25. The average molecular weight is 319 g/mol. The molecule has 2 aromatic rings. The maximum absolute atomic E-state index is 11.5. The van der Waals surface area contributed by atoms with Gasteiger partial charge in [0, 0.05) is 11.4 Å². The molecule has 0 saturated carbocycles. The molecule has 0 aliphatic heterocycles. The standard InChI is InChI=1S/C13H13N5OS2/c14-6-2-7-15-12(19)9-21-13-16-11(17-18-13)5-4-10-3-1-8-20-10/h1,3-5,8H,2,7,9H2,(H,15,19)(H,16,17,18). The molecule has 0 aliphatic carbocycles. The molecule has 0 fully saturated rings. The summed E-state index contributed by atoms with van der Waals surface area (Å²) in [5.41, 5.74) is 0. The molecule has 108 valence electrons. The van der Waals surface area contributed by atoms with Gasteiger partial charge in [-0.05, 0) is 23.6 Å². The van der Waals surface area contributed by atoms with Crippen LogP contribution in [0.25, 0.3) is 12.2 Å². The van der Waals surface area contributed by atoms with Crippen molar-refractivity contribution in [2.24, 2.45) is 0 Å². The second-order valence-corrected chi connectivity index (χ2v) is 5.82. The molecule has 21 heavy (non-hydrogen) atoms. The summed E-state index contributed by atoms with van der Waals surface area (Å²) < 4.78 is 0. The summed E-state index contributed by atoms with van der Waals surface area (Å²) in [6.45, 7) is 0.374. The molecule has 0 bridgehead atoms. The Balaban J connectivity index is 1.78. The Bertz CT molecular complexity index is 642. The van der Waals surface area contributed by atoms with Crippen molar-refractivity contribution in [1.82, 2.24) is 20.5 Å². The molecule has 2 aromatic heterocycles. The highest BCUT2D eigenvalue weighted by Crippen LogP contribution is 2.14. The van der Waals surface area contributed by atoms with Gasteiger partial charge in [-0.2, -0.15) is 5.26 Å². The van der Waals surface area contributed by atoms with E-state index in [9.17, 15) is 4.79 Å². The number of nitrogens with zero attached hydrogens (tertiary/aromatic N) is 3. The summed E-state index contributed by atoms with van der Waals surface area (Å²) in [5, 5.41) is 20.4. The molecule has 0 aliphatic rings. The van der Waals surface area contributed by atoms with Crippen LogP contribution in [0.1, 0.15) is 17.1 Å². The summed E-state index contributed by atoms with van der Waals surface area (Å²) in [7, 11) is 0. The van der Waals surface area contributed by atoms with Crippen LogP contribution in [0, 0.1) is 11.3 Å². The highest BCUT2D eigenvalue weighted by Gasteiger charge is 2.06. The molecule has 2 rings (SSSR count). The molecule has 1 amide bonds. The van der Waals surface area contributed by atoms with Crippen LogP contribution in [-0.2, 0) is 4.79 Å². The number of thioether (sulfide) groups is 1. The van der Waals surface area contributed by atoms with Crippen molar-refractivity contribution in [2.45, 2.75) is 11.6 Å². The Kier molecular flexibility index (Phi) is 5.99. The lowest BCUT2D eigenvalue weighted by molar-refractivity contribution is -0.118. The van der Waals surface area contributed by atoms with E-state index < -0.39 is 0 Å². The second-order valence-electron chi connectivity index (χ2n) is 3.90. The van der Waals surface area contributed by atoms with Gasteiger partial charge in [0.2, 0.25) is 11.1 Å². The van der Waals surface area contributed by atoms with Crippen LogP contribution in [-0.4, -0.2) is 33.4 Å². The third-order valence-corrected chi connectivity index (χ3v) is 4.01. The fourth-order valence-corrected chi connectivity index (χ4v) is 2.64. The van der Waals surface area contributed by atoms with E-state index in [2.05, 4.69) is 20.5 Å². The van der Waals surface area contributed by atoms with Crippen LogP contribution >= 0.6 is 23.1 Å². The summed E-state index contributed by atoms with van der Waals surface area (Å²) in [5.74, 6) is 0.753. The highest BCUT2D eigenvalue weighted by atomic mass is 32.2. The molecule has 6 nitrogen and oxygen atoms in total. The van der Waals surface area contributed by atoms with Crippen molar-refractivity contribution in [3.63, 3.8) is 0 Å². The minimum absolute atomic E-state index is 0.129. The Hall–Kier alpha value is -2.11. The van der Waals surface area contributed by atoms with E-state index in [1.807, 2.05) is 35.7 Å². The lowest BCUT2D eigenvalue weighted by atomic mass is 10.4. The van der Waals surface area contributed by atoms with Crippen molar-refractivity contribution in [1.29, 1.82) is 5.26 Å². The number of carbonyl (C=O) groups excluding carboxylic acids is 1. The lowest BCUT2D eigenvalue weighted by Gasteiger charge is -1.99. The maximum Gasteiger partial charge on any atom is 0.230 e. The Morgan fingerprint density at radius 3 is 3.24 bits per heavy atom. The number of aromatic amines is 1. The number of amides is 1. The second kappa shape index (κ2) is 8.24. The normalized spacial score (nSPS) is 10.6. The maximum atomic E-state index is 11.5. The summed E-state index contributed by atoms with van der Waals surface area (Å²) in [6, 6.07) is 5.96. The third-order valence-electron chi connectivity index (χ3n) is 2.32. The van der Waals surface area contributed by atoms with E-state index >= 15 is 0 Å². The number of nitriles is 1. The SMILES string of the molecule is N#CCCNC(=O)CSc1n[nH]c(C=Cc2cccs2)n1. The van der Waals surface area contributed by atoms with Gasteiger partial charge in [-0.3, -0.25) is 9.89 Å². The van der Waals surface area contributed by atoms with Gasteiger partial charge in [0.1, 0.15) is 5.82 Å². The third kappa shape index (κ3) is 5.41. The molecule has 0 radical (unpaired) electrons. The van der Waals surface area contributed by atoms with E-state index in [1.165, 1.54) is 11.8 Å². The average Bonchev–Trinajstić information content (AvgIpc) is 3.15. The fourth-order valence-electron chi connectivity index (χ4n) is 1.38. The first-order valence-electron chi connectivity index (χ1n) is 6.18. The minimum Gasteiger partial charge on any atom is -0.354 e. The van der Waals surface area contributed by atoms with E-state index in [0.717, 1.165) is 4.88 Å². The van der Waals surface area contributed by atoms with Crippen molar-refractivity contribution in [2.75, 3.05) is 12.3 Å². The van der Waals surface area contributed by atoms with Crippen LogP contribution in [0.5, 0.6) is 0 Å². The first-order chi connectivity index (χ1) is 10.3. The molecule has 2 heterocycles. The van der Waals surface area contributed by atoms with Gasteiger partial charge >= 0.3 is 0 Å². The van der Waals surface area contributed by atoms with E-state index in [-0.39, 0.29) is 11.7 Å². The summed E-state index contributed by atoms with van der Waals surface area (Å²) in [6.07, 6.45) is 4.11. The number of thiophene rings is 1. The van der Waals surface area contributed by atoms with Gasteiger partial charge in [-0.15, -0.1) is 16.4 Å². The van der Waals surface area contributed by atoms with Gasteiger partial charge in [0.05, 0.1) is 18.2 Å². The smallest absolute Gasteiger partial charge is 0.230 e. The first-order valence-corrected chi connectivity index (χ1v) is 8.05. The first kappa shape index (κ1) is 15.3. The van der Waals surface area contributed by atoms with Crippen molar-refractivity contribution in [3.05, 3.63) is 28.2 Å². The fraction of sp³-hybridized carbons (Fsp3) is 0.231. The number of hydrogen-bond acceptors (Lipinski definition) is 6. The number of nitrogens with one attached hydrogen (secondary N) is 2. The number of H-pyrrole nitrogens is 1. The van der Waals surface area contributed by atoms with Crippen molar-refractivity contribution in [3.8, 4) is 6.07 Å². The molecule has 8 heteroatoms. The number of aromatic nitrogens is 3. The van der Waals surface area contributed by atoms with Gasteiger partial charge < -0.3 is 5.32 Å². The van der Waals surface area contributed by atoms with Gasteiger partial charge in [0.25, 0.3) is 0 Å². The number of carbonyl (C=O) groups is 1. The van der Waals surface area contributed by atoms with E-state index in [1.54, 1.807) is 11.3 Å². The predicted octanol–water partition coefficient (Wildman–Crippen LogP) is 2.16. The van der Waals surface area contributed by atoms with Gasteiger partial charge in [0.15, 0.2) is 0 Å². The van der Waals surface area contributed by atoms with E-state index in [4.69, 9.17) is 5.26 Å². The Morgan fingerprint density at radius 1 is 1.57 bits per heavy atom. The number of rotatable bonds is 7. The molecule has 2 N–H and O–H groups in total. The Morgan fingerprint density at radius 2 is 2.48 bits per heavy atom. The topological polar surface area (TPSA) is 94.5 Å². The molecule has 0 unspecified atom stereocenters. The van der Waals surface area contributed by atoms with Crippen LogP contribution in [0.4, 0.5) is 0 Å². The van der Waals surface area contributed by atoms with Gasteiger partial charge in [-0.1, -0.05) is 17.8 Å². The molecule has 0 aromatic carbocycles. The van der Waals surface area contributed by atoms with Crippen LogP contribution in [0.15, 0.2) is 22.7 Å². The van der Waals surface area contributed by atoms with Crippen LogP contribution < -0.4 is 5.32 Å². The van der Waals surface area contributed by atoms with Crippen LogP contribution in [0.3, 0.4) is 0 Å². The molecular formula is C13H13N5OS2. The monoisotopic (exact) mass is 319 g/mol. The van der Waals surface area contributed by atoms with E-state index in [0.29, 0.717) is 23.9 Å². The van der Waals surface area contributed by atoms with Crippen molar-refractivity contribution >= 4 is 41.2 Å². The zero-order valence-corrected chi connectivity index (χ0v) is 12.7.